The lowest BCUT2D eigenvalue weighted by Crippen LogP contribution is -2.56. The highest BCUT2D eigenvalue weighted by Crippen LogP contribution is 2.39. The van der Waals surface area contributed by atoms with Crippen molar-refractivity contribution in [1.82, 2.24) is 25.0 Å². The van der Waals surface area contributed by atoms with Crippen molar-refractivity contribution in [3.05, 3.63) is 77.1 Å². The number of nitrogens with one attached hydrogen (secondary N) is 2. The van der Waals surface area contributed by atoms with Crippen LogP contribution in [-0.2, 0) is 21.4 Å². The molecule has 3 saturated heterocycles. The van der Waals surface area contributed by atoms with Crippen LogP contribution in [0, 0.1) is 24.5 Å². The average Bonchev–Trinajstić information content (AvgIpc) is 3.77. The number of amides is 4. The summed E-state index contributed by atoms with van der Waals surface area (Å²) in [5.41, 5.74) is 5.13. The summed E-state index contributed by atoms with van der Waals surface area (Å²) in [4.78, 5) is 68.6. The van der Waals surface area contributed by atoms with E-state index in [-0.39, 0.29) is 54.4 Å². The second-order valence-corrected chi connectivity index (χ2v) is 16.7. The van der Waals surface area contributed by atoms with Crippen LogP contribution in [-0.4, -0.2) is 101 Å². The number of aliphatic imine (C=N–C) groups is 1. The monoisotopic (exact) mass is 834 g/mol. The van der Waals surface area contributed by atoms with Gasteiger partial charge in [0.15, 0.2) is 0 Å². The summed E-state index contributed by atoms with van der Waals surface area (Å²) in [5, 5.41) is 9.97. The molecule has 3 fully saturated rings. The molecule has 0 unspecified atom stereocenters. The molecule has 7 heterocycles. The van der Waals surface area contributed by atoms with Crippen LogP contribution in [0.25, 0.3) is 11.3 Å². The van der Waals surface area contributed by atoms with Crippen LogP contribution in [0.1, 0.15) is 73.0 Å². The Kier molecular flexibility index (Phi) is 10.7. The van der Waals surface area contributed by atoms with Crippen LogP contribution in [0.5, 0.6) is 5.88 Å². The molecule has 0 spiro atoms. The molecule has 9 rings (SSSR count). The first-order chi connectivity index (χ1) is 29.4. The fourth-order valence-corrected chi connectivity index (χ4v) is 9.27. The molecule has 0 radical (unpaired) electrons. The number of nitrogens with zero attached hydrogens (tertiary/aromatic N) is 8. The Morgan fingerprint density at radius 3 is 2.41 bits per heavy atom. The lowest BCUT2D eigenvalue weighted by molar-refractivity contribution is -0.135. The zero-order valence-electron chi connectivity index (χ0n) is 34.4. The number of benzene rings is 2. The Morgan fingerprint density at radius 2 is 1.66 bits per heavy atom. The number of hydrogen-bond donors (Lipinski definition) is 2. The smallest absolute Gasteiger partial charge is 0.280 e. The van der Waals surface area contributed by atoms with Crippen molar-refractivity contribution in [2.75, 3.05) is 65.9 Å². The maximum Gasteiger partial charge on any atom is 0.280 e. The van der Waals surface area contributed by atoms with Crippen LogP contribution in [0.4, 0.5) is 31.5 Å². The zero-order valence-corrected chi connectivity index (χ0v) is 34.4. The highest BCUT2D eigenvalue weighted by molar-refractivity contribution is 6.19. The van der Waals surface area contributed by atoms with Gasteiger partial charge in [-0.1, -0.05) is 6.92 Å². The molecule has 2 aromatic carbocycles. The van der Waals surface area contributed by atoms with Crippen molar-refractivity contribution < 1.29 is 32.7 Å². The molecule has 2 aromatic heterocycles. The number of piperidine rings is 2. The SMILES string of the molecule is Cc1cc2cc(n1)-c1cnn(C)c1OCCC[C@@H](C)CN1/C(=N/C2=O)Nc2ccc(N3CCC(N4CCN(c5cc(F)c([C@H]6CCC(=O)NC6=O)c(F)c5)CC4=O)CC3)cc21. The van der Waals surface area contributed by atoms with Crippen molar-refractivity contribution >= 4 is 52.3 Å². The van der Waals surface area contributed by atoms with Gasteiger partial charge in [0.2, 0.25) is 29.6 Å². The summed E-state index contributed by atoms with van der Waals surface area (Å²) in [6.07, 6.45) is 4.96. The topological polar surface area (TPSA) is 158 Å². The number of pyridine rings is 1. The Balaban J connectivity index is 0.872. The minimum absolute atomic E-state index is 0.00915. The average molecular weight is 835 g/mol. The minimum Gasteiger partial charge on any atom is -0.477 e. The molecule has 2 N–H and O–H groups in total. The van der Waals surface area contributed by atoms with Gasteiger partial charge in [0, 0.05) is 80.4 Å². The van der Waals surface area contributed by atoms with E-state index in [2.05, 4.69) is 49.6 Å². The van der Waals surface area contributed by atoms with E-state index in [4.69, 9.17) is 9.72 Å². The molecule has 0 saturated carbocycles. The largest absolute Gasteiger partial charge is 0.477 e. The predicted molar refractivity (Wildman–Crippen MR) is 225 cm³/mol. The summed E-state index contributed by atoms with van der Waals surface area (Å²) < 4.78 is 38.5. The molecule has 4 amide bonds. The predicted octanol–water partition coefficient (Wildman–Crippen LogP) is 5.14. The van der Waals surface area contributed by atoms with E-state index >= 15 is 8.78 Å². The number of fused-ring (bicyclic) bond motifs is 7. The summed E-state index contributed by atoms with van der Waals surface area (Å²) in [5.74, 6) is -3.17. The van der Waals surface area contributed by atoms with E-state index in [1.54, 1.807) is 27.9 Å². The van der Waals surface area contributed by atoms with Gasteiger partial charge in [-0.2, -0.15) is 10.1 Å². The number of guanidine groups is 1. The van der Waals surface area contributed by atoms with Gasteiger partial charge in [-0.25, -0.2) is 13.5 Å². The number of anilines is 4. The first kappa shape index (κ1) is 40.0. The number of imide groups is 1. The number of aromatic nitrogens is 3. The molecule has 5 aliphatic rings. The summed E-state index contributed by atoms with van der Waals surface area (Å²) in [6.45, 7) is 7.42. The molecule has 0 aliphatic carbocycles. The molecule has 318 valence electrons. The second-order valence-electron chi connectivity index (χ2n) is 16.7. The zero-order chi connectivity index (χ0) is 42.5. The number of piperazine rings is 1. The maximum atomic E-state index is 15.3. The van der Waals surface area contributed by atoms with E-state index in [0.29, 0.717) is 55.0 Å². The number of carbonyl (C=O) groups is 4. The van der Waals surface area contributed by atoms with Crippen molar-refractivity contribution in [2.24, 2.45) is 18.0 Å². The molecule has 4 aromatic rings. The number of rotatable bonds is 4. The van der Waals surface area contributed by atoms with Gasteiger partial charge in [-0.3, -0.25) is 29.5 Å². The quantitative estimate of drug-likeness (QED) is 0.263. The molecular formula is C44H48F2N10O5. The number of carbonyl (C=O) groups excluding carboxylic acids is 4. The van der Waals surface area contributed by atoms with Gasteiger partial charge < -0.3 is 29.7 Å². The molecule has 2 bridgehead atoms. The van der Waals surface area contributed by atoms with Gasteiger partial charge in [-0.15, -0.1) is 0 Å². The first-order valence-electron chi connectivity index (χ1n) is 21.0. The van der Waals surface area contributed by atoms with E-state index in [1.165, 1.54) is 12.1 Å². The third-order valence-corrected chi connectivity index (χ3v) is 12.5. The van der Waals surface area contributed by atoms with Crippen LogP contribution >= 0.6 is 0 Å². The Morgan fingerprint density at radius 1 is 0.869 bits per heavy atom. The Bertz CT molecular complexity index is 2440. The van der Waals surface area contributed by atoms with Gasteiger partial charge in [0.25, 0.3) is 5.91 Å². The third-order valence-electron chi connectivity index (χ3n) is 12.5. The number of halogens is 2. The number of ether oxygens (including phenoxy) is 1. The van der Waals surface area contributed by atoms with Crippen molar-refractivity contribution in [3.63, 3.8) is 0 Å². The first-order valence-corrected chi connectivity index (χ1v) is 21.0. The van der Waals surface area contributed by atoms with Crippen LogP contribution < -0.4 is 30.1 Å². The Labute approximate surface area is 351 Å². The minimum atomic E-state index is -1.09. The van der Waals surface area contributed by atoms with Crippen molar-refractivity contribution in [3.8, 4) is 17.1 Å². The van der Waals surface area contributed by atoms with Crippen LogP contribution in [0.15, 0.2) is 53.7 Å². The van der Waals surface area contributed by atoms with Crippen LogP contribution in [0.3, 0.4) is 0 Å². The third kappa shape index (κ3) is 7.88. The number of hydrogen-bond acceptors (Lipinski definition) is 11. The van der Waals surface area contributed by atoms with E-state index < -0.39 is 29.4 Å². The van der Waals surface area contributed by atoms with E-state index in [9.17, 15) is 19.2 Å². The number of aryl methyl sites for hydroxylation is 2. The normalized spacial score (nSPS) is 22.3. The highest BCUT2D eigenvalue weighted by Gasteiger charge is 2.36. The molecule has 61 heavy (non-hydrogen) atoms. The fourth-order valence-electron chi connectivity index (χ4n) is 9.27. The van der Waals surface area contributed by atoms with Gasteiger partial charge in [0.1, 0.15) is 11.6 Å². The highest BCUT2D eigenvalue weighted by atomic mass is 19.1. The van der Waals surface area contributed by atoms with E-state index in [0.717, 1.165) is 61.4 Å². The molecule has 17 heteroatoms. The summed E-state index contributed by atoms with van der Waals surface area (Å²) >= 11 is 0. The van der Waals surface area contributed by atoms with Crippen molar-refractivity contribution in [2.45, 2.75) is 64.3 Å². The molecular weight excluding hydrogens is 787 g/mol. The summed E-state index contributed by atoms with van der Waals surface area (Å²) in [6, 6.07) is 12.1. The summed E-state index contributed by atoms with van der Waals surface area (Å²) in [7, 11) is 1.83. The van der Waals surface area contributed by atoms with Gasteiger partial charge in [-0.05, 0) is 87.4 Å². The second kappa shape index (κ2) is 16.2. The maximum absolute atomic E-state index is 15.3. The lowest BCUT2D eigenvalue weighted by atomic mass is 9.89. The molecule has 5 aliphatic heterocycles. The lowest BCUT2D eigenvalue weighted by Gasteiger charge is -2.43. The van der Waals surface area contributed by atoms with E-state index in [1.807, 2.05) is 24.9 Å². The van der Waals surface area contributed by atoms with Gasteiger partial charge >= 0.3 is 0 Å². The standard InChI is InChI=1S/C44H48F2N10O5/c1-25-5-4-16-61-43-32(22-47-52(43)3)36-18-27(17-26(2)48-36)41(59)51-44-49-35-8-6-29(21-37(35)56(44)23-25)53-12-10-28(11-13-53)55-15-14-54(24-39(55)58)30-19-33(45)40(34(46)20-30)31-7-9-38(57)50-42(31)60/h6,8,17-22,25,28,31H,4-5,7,9-16,23-24H2,1-3H3,(H,49,51,59)(H,50,57,60)/t25-,31-/m1/s1. The molecule has 15 nitrogen and oxygen atoms in total. The van der Waals surface area contributed by atoms with Crippen molar-refractivity contribution in [1.29, 1.82) is 0 Å². The Hall–Kier alpha value is -6.39. The molecule has 2 atom stereocenters. The fraction of sp³-hybridized carbons (Fsp3) is 0.432. The van der Waals surface area contributed by atoms with Crippen LogP contribution in [0.2, 0.25) is 0 Å². The van der Waals surface area contributed by atoms with Gasteiger partial charge in [0.05, 0.1) is 47.9 Å².